The van der Waals surface area contributed by atoms with Crippen LogP contribution < -0.4 is 15.4 Å². The van der Waals surface area contributed by atoms with E-state index in [4.69, 9.17) is 0 Å². The van der Waals surface area contributed by atoms with Crippen molar-refractivity contribution in [1.29, 1.82) is 0 Å². The van der Waals surface area contributed by atoms with Crippen molar-refractivity contribution in [3.63, 3.8) is 0 Å². The lowest BCUT2D eigenvalue weighted by atomic mass is 10.2. The van der Waals surface area contributed by atoms with Gasteiger partial charge in [0.15, 0.2) is 5.96 Å². The molecule has 0 atom stereocenters. The molecule has 0 heterocycles. The number of thioether (sulfide) groups is 1. The van der Waals surface area contributed by atoms with Crippen LogP contribution in [0.1, 0.15) is 12.0 Å². The Hall–Kier alpha value is -2.10. The molecule has 0 unspecified atom stereocenters. The van der Waals surface area contributed by atoms with E-state index >= 15 is 0 Å². The number of hydrogen-bond acceptors (Lipinski definition) is 4. The molecular formula is C19H25FN4O2S2. The number of hydrogen-bond donors (Lipinski definition) is 3. The molecule has 2 rings (SSSR count). The Morgan fingerprint density at radius 2 is 1.89 bits per heavy atom. The topological polar surface area (TPSA) is 82.6 Å². The van der Waals surface area contributed by atoms with Crippen LogP contribution in [0.15, 0.2) is 63.3 Å². The summed E-state index contributed by atoms with van der Waals surface area (Å²) in [6, 6.07) is 13.2. The summed E-state index contributed by atoms with van der Waals surface area (Å²) in [7, 11) is -0.383. The van der Waals surface area contributed by atoms with Crippen LogP contribution in [0, 0.1) is 5.82 Å². The largest absolute Gasteiger partial charge is 0.356 e. The second-order valence-electron chi connectivity index (χ2n) is 5.86. The van der Waals surface area contributed by atoms with Gasteiger partial charge in [0.25, 0.3) is 0 Å². The first kappa shape index (κ1) is 22.2. The van der Waals surface area contributed by atoms with Gasteiger partial charge in [-0.05, 0) is 61.2 Å². The van der Waals surface area contributed by atoms with Crippen molar-refractivity contribution in [2.24, 2.45) is 4.99 Å². The molecule has 0 saturated heterocycles. The molecule has 28 heavy (non-hydrogen) atoms. The second kappa shape index (κ2) is 11.0. The quantitative estimate of drug-likeness (QED) is 0.249. The number of nitrogens with one attached hydrogen (secondary N) is 3. The molecule has 0 aliphatic heterocycles. The van der Waals surface area contributed by atoms with Crippen molar-refractivity contribution in [2.45, 2.75) is 22.8 Å². The summed E-state index contributed by atoms with van der Waals surface area (Å²) >= 11 is 1.67. The number of aliphatic imine (C=N–C) groups is 1. The van der Waals surface area contributed by atoms with Gasteiger partial charge in [0.2, 0.25) is 10.0 Å². The summed E-state index contributed by atoms with van der Waals surface area (Å²) in [6.07, 6.45) is 0.915. The molecule has 0 saturated carbocycles. The van der Waals surface area contributed by atoms with E-state index in [9.17, 15) is 12.8 Å². The van der Waals surface area contributed by atoms with E-state index in [2.05, 4.69) is 20.3 Å². The number of halogens is 1. The summed E-state index contributed by atoms with van der Waals surface area (Å²) in [5.74, 6) is 1.32. The number of sulfonamides is 1. The van der Waals surface area contributed by atoms with Crippen LogP contribution in [0.5, 0.6) is 0 Å². The predicted molar refractivity (Wildman–Crippen MR) is 113 cm³/mol. The highest BCUT2D eigenvalue weighted by Gasteiger charge is 2.11. The highest BCUT2D eigenvalue weighted by molar-refractivity contribution is 7.99. The monoisotopic (exact) mass is 424 g/mol. The molecule has 2 aromatic rings. The first-order valence-corrected chi connectivity index (χ1v) is 11.3. The summed E-state index contributed by atoms with van der Waals surface area (Å²) in [4.78, 5) is 5.44. The van der Waals surface area contributed by atoms with Gasteiger partial charge in [0.05, 0.1) is 4.90 Å². The Balaban J connectivity index is 1.74. The van der Waals surface area contributed by atoms with E-state index < -0.39 is 10.0 Å². The van der Waals surface area contributed by atoms with Gasteiger partial charge in [-0.3, -0.25) is 4.99 Å². The smallest absolute Gasteiger partial charge is 0.240 e. The number of benzene rings is 2. The first-order valence-electron chi connectivity index (χ1n) is 8.80. The molecular weight excluding hydrogens is 399 g/mol. The van der Waals surface area contributed by atoms with E-state index in [0.717, 1.165) is 29.2 Å². The minimum Gasteiger partial charge on any atom is -0.356 e. The highest BCUT2D eigenvalue weighted by Crippen LogP contribution is 2.18. The summed E-state index contributed by atoms with van der Waals surface area (Å²) in [5.41, 5.74) is 0.839. The highest BCUT2D eigenvalue weighted by atomic mass is 32.2. The van der Waals surface area contributed by atoms with Crippen LogP contribution >= 0.6 is 11.8 Å². The summed E-state index contributed by atoms with van der Waals surface area (Å²) in [6.45, 7) is 1.19. The lowest BCUT2D eigenvalue weighted by molar-refractivity contribution is 0.588. The van der Waals surface area contributed by atoms with E-state index in [1.165, 1.54) is 19.2 Å². The van der Waals surface area contributed by atoms with Gasteiger partial charge in [-0.15, -0.1) is 11.8 Å². The zero-order valence-corrected chi connectivity index (χ0v) is 17.5. The lowest BCUT2D eigenvalue weighted by Crippen LogP contribution is -2.37. The molecule has 0 aliphatic rings. The van der Waals surface area contributed by atoms with Crippen LogP contribution in [0.2, 0.25) is 0 Å². The Morgan fingerprint density at radius 3 is 2.57 bits per heavy atom. The maximum absolute atomic E-state index is 12.9. The normalized spacial score (nSPS) is 12.0. The third-order valence-electron chi connectivity index (χ3n) is 3.86. The Morgan fingerprint density at radius 1 is 1.14 bits per heavy atom. The van der Waals surface area contributed by atoms with Gasteiger partial charge in [-0.2, -0.15) is 0 Å². The minimum atomic E-state index is -3.46. The predicted octanol–water partition coefficient (Wildman–Crippen LogP) is 2.58. The third-order valence-corrected chi connectivity index (χ3v) is 6.37. The number of rotatable bonds is 9. The van der Waals surface area contributed by atoms with E-state index in [1.807, 2.05) is 6.07 Å². The van der Waals surface area contributed by atoms with Crippen molar-refractivity contribution in [1.82, 2.24) is 15.4 Å². The van der Waals surface area contributed by atoms with Crippen molar-refractivity contribution >= 4 is 27.7 Å². The van der Waals surface area contributed by atoms with Crippen LogP contribution in [0.3, 0.4) is 0 Å². The summed E-state index contributed by atoms with van der Waals surface area (Å²) < 4.78 is 39.0. The molecule has 152 valence electrons. The van der Waals surface area contributed by atoms with Crippen molar-refractivity contribution in [3.8, 4) is 0 Å². The SMILES string of the molecule is CN=C(NCCCSc1ccc(F)cc1)NCc1cccc(S(=O)(=O)NC)c1. The molecule has 6 nitrogen and oxygen atoms in total. The fourth-order valence-electron chi connectivity index (χ4n) is 2.35. The van der Waals surface area contributed by atoms with E-state index in [0.29, 0.717) is 12.5 Å². The van der Waals surface area contributed by atoms with Crippen LogP contribution in [-0.2, 0) is 16.6 Å². The Kier molecular flexibility index (Phi) is 8.75. The average Bonchev–Trinajstić information content (AvgIpc) is 2.71. The van der Waals surface area contributed by atoms with Gasteiger partial charge in [0.1, 0.15) is 5.82 Å². The molecule has 0 aromatic heterocycles. The standard InChI is InChI=1S/C19H25FN4O2S2/c1-21-19(23-11-4-12-27-17-9-7-16(20)8-10-17)24-14-15-5-3-6-18(13-15)28(25,26)22-2/h3,5-10,13,22H,4,11-12,14H2,1-2H3,(H2,21,23,24). The Labute approximate surface area is 170 Å². The maximum Gasteiger partial charge on any atom is 0.240 e. The molecule has 0 bridgehead atoms. The zero-order valence-electron chi connectivity index (χ0n) is 15.9. The van der Waals surface area contributed by atoms with Crippen molar-refractivity contribution in [3.05, 3.63) is 59.9 Å². The van der Waals surface area contributed by atoms with Gasteiger partial charge >= 0.3 is 0 Å². The minimum absolute atomic E-state index is 0.227. The number of guanidine groups is 1. The van der Waals surface area contributed by atoms with Gasteiger partial charge in [0, 0.05) is 25.0 Å². The maximum atomic E-state index is 12.9. The molecule has 0 amide bonds. The fraction of sp³-hybridized carbons (Fsp3) is 0.316. The van der Waals surface area contributed by atoms with Crippen LogP contribution in [0.4, 0.5) is 4.39 Å². The van der Waals surface area contributed by atoms with Crippen LogP contribution in [-0.4, -0.2) is 40.8 Å². The van der Waals surface area contributed by atoms with Crippen molar-refractivity contribution < 1.29 is 12.8 Å². The molecule has 3 N–H and O–H groups in total. The molecule has 0 aliphatic carbocycles. The van der Waals surface area contributed by atoms with Gasteiger partial charge in [-0.25, -0.2) is 17.5 Å². The fourth-order valence-corrected chi connectivity index (χ4v) is 4.00. The van der Waals surface area contributed by atoms with E-state index in [-0.39, 0.29) is 10.7 Å². The molecule has 0 spiro atoms. The average molecular weight is 425 g/mol. The van der Waals surface area contributed by atoms with Crippen molar-refractivity contribution in [2.75, 3.05) is 26.4 Å². The van der Waals surface area contributed by atoms with Gasteiger partial charge < -0.3 is 10.6 Å². The van der Waals surface area contributed by atoms with E-state index in [1.54, 1.807) is 49.1 Å². The molecule has 2 aromatic carbocycles. The molecule has 0 fully saturated rings. The summed E-state index contributed by atoms with van der Waals surface area (Å²) in [5, 5.41) is 6.40. The number of nitrogens with zero attached hydrogens (tertiary/aromatic N) is 1. The Bertz CT molecular complexity index is 887. The molecule has 9 heteroatoms. The third kappa shape index (κ3) is 7.14. The molecule has 0 radical (unpaired) electrons. The van der Waals surface area contributed by atoms with Crippen LogP contribution in [0.25, 0.3) is 0 Å². The lowest BCUT2D eigenvalue weighted by Gasteiger charge is -2.12. The first-order chi connectivity index (χ1) is 13.4. The zero-order chi connectivity index (χ0) is 20.4. The second-order valence-corrected chi connectivity index (χ2v) is 8.92. The van der Waals surface area contributed by atoms with Gasteiger partial charge in [-0.1, -0.05) is 12.1 Å².